The van der Waals surface area contributed by atoms with Crippen LogP contribution >= 0.6 is 0 Å². The second kappa shape index (κ2) is 4.45. The minimum atomic E-state index is 0.937. The van der Waals surface area contributed by atoms with Gasteiger partial charge in [-0.15, -0.1) is 0 Å². The highest BCUT2D eigenvalue weighted by Gasteiger charge is 2.12. The van der Waals surface area contributed by atoms with Crippen LogP contribution in [0.5, 0.6) is 0 Å². The molecule has 0 saturated carbocycles. The zero-order chi connectivity index (χ0) is 10.7. The Morgan fingerprint density at radius 3 is 2.87 bits per heavy atom. The molecule has 0 amide bonds. The summed E-state index contributed by atoms with van der Waals surface area (Å²) in [7, 11) is 2.12. The van der Waals surface area contributed by atoms with E-state index in [1.807, 2.05) is 6.20 Å². The summed E-state index contributed by atoms with van der Waals surface area (Å²) in [5.74, 6) is 0. The van der Waals surface area contributed by atoms with E-state index in [-0.39, 0.29) is 0 Å². The lowest BCUT2D eigenvalue weighted by atomic mass is 10.2. The maximum absolute atomic E-state index is 4.46. The maximum atomic E-state index is 4.46. The smallest absolute Gasteiger partial charge is 0.0673 e. The number of pyridine rings is 1. The molecule has 2 heterocycles. The van der Waals surface area contributed by atoms with Crippen molar-refractivity contribution >= 4 is 11.3 Å². The van der Waals surface area contributed by atoms with Crippen LogP contribution in [0.15, 0.2) is 24.4 Å². The van der Waals surface area contributed by atoms with Gasteiger partial charge in [-0.1, -0.05) is 6.08 Å². The fourth-order valence-electron chi connectivity index (χ4n) is 1.76. The molecule has 0 aromatic carbocycles. The summed E-state index contributed by atoms with van der Waals surface area (Å²) in [6.45, 7) is 5.06. The third-order valence-electron chi connectivity index (χ3n) is 2.56. The second-order valence-corrected chi connectivity index (χ2v) is 3.89. The lowest BCUT2D eigenvalue weighted by molar-refractivity contribution is 0.438. The first kappa shape index (κ1) is 10.2. The van der Waals surface area contributed by atoms with Crippen LogP contribution in [0.1, 0.15) is 12.6 Å². The molecule has 0 saturated heterocycles. The molecule has 3 heteroatoms. The van der Waals surface area contributed by atoms with Crippen molar-refractivity contribution in [3.8, 4) is 0 Å². The predicted molar refractivity (Wildman–Crippen MR) is 63.9 cm³/mol. The number of rotatable bonds is 3. The maximum Gasteiger partial charge on any atom is 0.0673 e. The average Bonchev–Trinajstić information content (AvgIpc) is 2.67. The highest BCUT2D eigenvalue weighted by atomic mass is 15.1. The standard InChI is InChI=1S/C12H17N3/c1-3-13-11-4-5-12(14-8-11)10-6-7-15(2)9-10/h4-6,8,13H,3,7,9H2,1-2H3. The Bertz CT molecular complexity index is 354. The summed E-state index contributed by atoms with van der Waals surface area (Å²) >= 11 is 0. The number of anilines is 1. The van der Waals surface area contributed by atoms with E-state index in [1.54, 1.807) is 0 Å². The molecular formula is C12H17N3. The first-order valence-corrected chi connectivity index (χ1v) is 5.37. The Morgan fingerprint density at radius 1 is 1.47 bits per heavy atom. The number of nitrogens with one attached hydrogen (secondary N) is 1. The van der Waals surface area contributed by atoms with Gasteiger partial charge in [0.2, 0.25) is 0 Å². The number of likely N-dealkylation sites (N-methyl/N-ethyl adjacent to an activating group) is 1. The van der Waals surface area contributed by atoms with Gasteiger partial charge in [0.15, 0.2) is 0 Å². The van der Waals surface area contributed by atoms with Crippen LogP contribution < -0.4 is 5.32 Å². The van der Waals surface area contributed by atoms with Crippen LogP contribution in [0.2, 0.25) is 0 Å². The SMILES string of the molecule is CCNc1ccc(C2=CCN(C)C2)nc1. The molecule has 80 valence electrons. The van der Waals surface area contributed by atoms with Crippen LogP contribution in [-0.2, 0) is 0 Å². The first-order valence-electron chi connectivity index (χ1n) is 5.37. The van der Waals surface area contributed by atoms with Gasteiger partial charge >= 0.3 is 0 Å². The van der Waals surface area contributed by atoms with E-state index in [0.29, 0.717) is 0 Å². The average molecular weight is 203 g/mol. The summed E-state index contributed by atoms with van der Waals surface area (Å²) in [6, 6.07) is 4.17. The lowest BCUT2D eigenvalue weighted by Gasteiger charge is -2.08. The van der Waals surface area contributed by atoms with Crippen LogP contribution in [-0.4, -0.2) is 36.6 Å². The Hall–Kier alpha value is -1.35. The molecule has 0 unspecified atom stereocenters. The van der Waals surface area contributed by atoms with Gasteiger partial charge in [-0.25, -0.2) is 0 Å². The minimum Gasteiger partial charge on any atom is -0.384 e. The summed E-state index contributed by atoms with van der Waals surface area (Å²) < 4.78 is 0. The molecule has 3 nitrogen and oxygen atoms in total. The van der Waals surface area contributed by atoms with E-state index in [0.717, 1.165) is 31.0 Å². The van der Waals surface area contributed by atoms with Crippen molar-refractivity contribution in [1.29, 1.82) is 0 Å². The number of nitrogens with zero attached hydrogens (tertiary/aromatic N) is 2. The number of hydrogen-bond donors (Lipinski definition) is 1. The monoisotopic (exact) mass is 203 g/mol. The molecule has 0 radical (unpaired) electrons. The van der Waals surface area contributed by atoms with Crippen LogP contribution in [0.4, 0.5) is 5.69 Å². The zero-order valence-electron chi connectivity index (χ0n) is 9.33. The van der Waals surface area contributed by atoms with E-state index < -0.39 is 0 Å². The number of aromatic nitrogens is 1. The van der Waals surface area contributed by atoms with Crippen molar-refractivity contribution in [2.24, 2.45) is 0 Å². The molecule has 0 atom stereocenters. The summed E-state index contributed by atoms with van der Waals surface area (Å²) in [6.07, 6.45) is 4.15. The first-order chi connectivity index (χ1) is 7.29. The van der Waals surface area contributed by atoms with Crippen molar-refractivity contribution in [3.05, 3.63) is 30.1 Å². The highest BCUT2D eigenvalue weighted by molar-refractivity contribution is 5.67. The predicted octanol–water partition coefficient (Wildman–Crippen LogP) is 1.84. The largest absolute Gasteiger partial charge is 0.384 e. The van der Waals surface area contributed by atoms with Crippen molar-refractivity contribution in [1.82, 2.24) is 9.88 Å². The highest BCUT2D eigenvalue weighted by Crippen LogP contribution is 2.19. The van der Waals surface area contributed by atoms with Crippen LogP contribution in [0, 0.1) is 0 Å². The Morgan fingerprint density at radius 2 is 2.33 bits per heavy atom. The second-order valence-electron chi connectivity index (χ2n) is 3.89. The third kappa shape index (κ3) is 2.36. The summed E-state index contributed by atoms with van der Waals surface area (Å²) in [5.41, 5.74) is 3.52. The lowest BCUT2D eigenvalue weighted by Crippen LogP contribution is -2.13. The normalized spacial score (nSPS) is 16.5. The van der Waals surface area contributed by atoms with Gasteiger partial charge < -0.3 is 5.32 Å². The molecule has 0 fully saturated rings. The summed E-state index contributed by atoms with van der Waals surface area (Å²) in [5, 5.41) is 3.24. The molecule has 2 rings (SSSR count). The van der Waals surface area contributed by atoms with E-state index in [1.165, 1.54) is 5.57 Å². The van der Waals surface area contributed by atoms with Gasteiger partial charge in [-0.2, -0.15) is 0 Å². The summed E-state index contributed by atoms with van der Waals surface area (Å²) in [4.78, 5) is 6.73. The van der Waals surface area contributed by atoms with E-state index >= 15 is 0 Å². The molecule has 0 aliphatic carbocycles. The fourth-order valence-corrected chi connectivity index (χ4v) is 1.76. The van der Waals surface area contributed by atoms with Gasteiger partial charge in [0, 0.05) is 19.6 Å². The quantitative estimate of drug-likeness (QED) is 0.812. The van der Waals surface area contributed by atoms with Gasteiger partial charge in [-0.3, -0.25) is 9.88 Å². The molecule has 1 aromatic rings. The van der Waals surface area contributed by atoms with Crippen LogP contribution in [0.25, 0.3) is 5.57 Å². The van der Waals surface area contributed by atoms with E-state index in [2.05, 4.69) is 47.4 Å². The van der Waals surface area contributed by atoms with E-state index in [4.69, 9.17) is 0 Å². The van der Waals surface area contributed by atoms with Gasteiger partial charge in [0.25, 0.3) is 0 Å². The van der Waals surface area contributed by atoms with Gasteiger partial charge in [-0.05, 0) is 31.7 Å². The molecule has 1 N–H and O–H groups in total. The topological polar surface area (TPSA) is 28.2 Å². The molecule has 0 spiro atoms. The molecular weight excluding hydrogens is 186 g/mol. The van der Waals surface area contributed by atoms with Crippen LogP contribution in [0.3, 0.4) is 0 Å². The Kier molecular flexibility index (Phi) is 3.02. The molecule has 1 aliphatic rings. The van der Waals surface area contributed by atoms with Crippen molar-refractivity contribution in [3.63, 3.8) is 0 Å². The molecule has 15 heavy (non-hydrogen) atoms. The van der Waals surface area contributed by atoms with Gasteiger partial charge in [0.05, 0.1) is 17.6 Å². The molecule has 1 aromatic heterocycles. The van der Waals surface area contributed by atoms with E-state index in [9.17, 15) is 0 Å². The molecule has 0 bridgehead atoms. The Balaban J connectivity index is 2.10. The van der Waals surface area contributed by atoms with Crippen molar-refractivity contribution in [2.45, 2.75) is 6.92 Å². The van der Waals surface area contributed by atoms with Gasteiger partial charge in [0.1, 0.15) is 0 Å². The Labute approximate surface area is 90.8 Å². The van der Waals surface area contributed by atoms with Crippen molar-refractivity contribution < 1.29 is 0 Å². The minimum absolute atomic E-state index is 0.937. The molecule has 1 aliphatic heterocycles. The fraction of sp³-hybridized carbons (Fsp3) is 0.417. The third-order valence-corrected chi connectivity index (χ3v) is 2.56. The zero-order valence-corrected chi connectivity index (χ0v) is 9.33. The van der Waals surface area contributed by atoms with Crippen molar-refractivity contribution in [2.75, 3.05) is 32.0 Å². The number of hydrogen-bond acceptors (Lipinski definition) is 3.